The van der Waals surface area contributed by atoms with Gasteiger partial charge in [0.1, 0.15) is 0 Å². The molecule has 0 atom stereocenters. The van der Waals surface area contributed by atoms with E-state index in [2.05, 4.69) is 5.32 Å². The Labute approximate surface area is 116 Å². The molecule has 0 bridgehead atoms. The number of hydrogen-bond donors (Lipinski definition) is 1. The van der Waals surface area contributed by atoms with Crippen LogP contribution in [0.1, 0.15) is 47.5 Å². The third-order valence-corrected chi connectivity index (χ3v) is 3.00. The van der Waals surface area contributed by atoms with Gasteiger partial charge in [-0.3, -0.25) is 4.79 Å². The lowest BCUT2D eigenvalue weighted by atomic mass is 9.79. The predicted molar refractivity (Wildman–Crippen MR) is 68.8 cm³/mol. The largest absolute Gasteiger partial charge is 0.673 e. The lowest BCUT2D eigenvalue weighted by molar-refractivity contribution is -0.693. The number of hydrogen-bond acceptors (Lipinski definition) is 2. The van der Waals surface area contributed by atoms with Gasteiger partial charge in [0.15, 0.2) is 0 Å². The minimum Gasteiger partial charge on any atom is -0.418 e. The van der Waals surface area contributed by atoms with Crippen molar-refractivity contribution in [2.24, 2.45) is 0 Å². The van der Waals surface area contributed by atoms with Crippen LogP contribution in [-0.4, -0.2) is 35.0 Å². The van der Waals surface area contributed by atoms with E-state index in [0.717, 1.165) is 4.76 Å². The number of carbonyl (C=O) groups excluding carboxylic acids is 1. The molecule has 4 nitrogen and oxygen atoms in total. The lowest BCUT2D eigenvalue weighted by Gasteiger charge is -2.36. The van der Waals surface area contributed by atoms with Gasteiger partial charge in [0.25, 0.3) is 0 Å². The maximum absolute atomic E-state index is 12.0. The van der Waals surface area contributed by atoms with Gasteiger partial charge in [0.05, 0.1) is 0 Å². The van der Waals surface area contributed by atoms with Crippen molar-refractivity contribution in [1.29, 1.82) is 0 Å². The van der Waals surface area contributed by atoms with Gasteiger partial charge in [-0.2, -0.15) is 0 Å². The highest BCUT2D eigenvalue weighted by molar-refractivity contribution is 6.50. The van der Waals surface area contributed by atoms with Crippen molar-refractivity contribution in [1.82, 2.24) is 5.32 Å². The number of piperidine rings is 1. The van der Waals surface area contributed by atoms with E-state index in [0.29, 0.717) is 12.8 Å². The molecule has 1 amide bonds. The lowest BCUT2D eigenvalue weighted by Crippen LogP contribution is -2.58. The van der Waals surface area contributed by atoms with Gasteiger partial charge in [0, 0.05) is 63.2 Å². The van der Waals surface area contributed by atoms with E-state index in [1.807, 2.05) is 27.7 Å². The maximum Gasteiger partial charge on any atom is 0.673 e. The SMILES string of the molecule is CC(=O)NC1CC(C)(C)[N+](=O)C(C)(C)C1.F[B-](F)(F)F. The number of nitrogens with one attached hydrogen (secondary N) is 1. The summed E-state index contributed by atoms with van der Waals surface area (Å²) in [4.78, 5) is 23.0. The molecular weight excluding hydrogens is 279 g/mol. The molecule has 0 aromatic heterocycles. The highest BCUT2D eigenvalue weighted by Crippen LogP contribution is 2.34. The summed E-state index contributed by atoms with van der Waals surface area (Å²) < 4.78 is 40.2. The Bertz CT molecular complexity index is 357. The zero-order valence-electron chi connectivity index (χ0n) is 12.3. The summed E-state index contributed by atoms with van der Waals surface area (Å²) in [6, 6.07) is 0.109. The van der Waals surface area contributed by atoms with E-state index in [1.165, 1.54) is 6.92 Å². The summed E-state index contributed by atoms with van der Waals surface area (Å²) in [5.41, 5.74) is -0.816. The molecule has 1 saturated heterocycles. The van der Waals surface area contributed by atoms with E-state index < -0.39 is 18.3 Å². The first kappa shape index (κ1) is 18.9. The average molecular weight is 300 g/mol. The number of rotatable bonds is 1. The molecular formula is C11H21BF4N2O2. The van der Waals surface area contributed by atoms with E-state index in [1.54, 1.807) is 0 Å². The van der Waals surface area contributed by atoms with Gasteiger partial charge in [-0.15, -0.1) is 0 Å². The third-order valence-electron chi connectivity index (χ3n) is 3.00. The molecule has 0 unspecified atom stereocenters. The van der Waals surface area contributed by atoms with Crippen LogP contribution in [0.25, 0.3) is 0 Å². The molecule has 1 rings (SSSR count). The molecule has 0 saturated carbocycles. The molecule has 0 radical (unpaired) electrons. The van der Waals surface area contributed by atoms with Gasteiger partial charge >= 0.3 is 7.25 Å². The van der Waals surface area contributed by atoms with E-state index in [9.17, 15) is 27.0 Å². The van der Waals surface area contributed by atoms with Crippen LogP contribution in [0.5, 0.6) is 0 Å². The van der Waals surface area contributed by atoms with Crippen molar-refractivity contribution < 1.29 is 26.8 Å². The second-order valence-corrected chi connectivity index (χ2v) is 6.22. The molecule has 1 fully saturated rings. The quantitative estimate of drug-likeness (QED) is 0.460. The third kappa shape index (κ3) is 6.86. The standard InChI is InChI=1S/C11H20N2O2.BF4/c1-8(14)12-9-6-10(2,3)13(15)11(4,5)7-9;2-1(3,4)5/h9H,6-7H2,1-5H3;/q;-1/p+1. The second kappa shape index (κ2) is 6.09. The van der Waals surface area contributed by atoms with E-state index in [4.69, 9.17) is 0 Å². The Morgan fingerprint density at radius 3 is 1.65 bits per heavy atom. The van der Waals surface area contributed by atoms with Crippen LogP contribution in [0.3, 0.4) is 0 Å². The fourth-order valence-corrected chi connectivity index (χ4v) is 2.65. The molecule has 1 aliphatic rings. The second-order valence-electron chi connectivity index (χ2n) is 6.22. The summed E-state index contributed by atoms with van der Waals surface area (Å²) in [6.07, 6.45) is 1.42. The summed E-state index contributed by atoms with van der Waals surface area (Å²) in [7, 11) is -6.00. The van der Waals surface area contributed by atoms with Crippen LogP contribution in [-0.2, 0) is 4.79 Å². The van der Waals surface area contributed by atoms with Crippen LogP contribution < -0.4 is 5.32 Å². The topological polar surface area (TPSA) is 49.2 Å². The van der Waals surface area contributed by atoms with Gasteiger partial charge in [0.2, 0.25) is 17.0 Å². The number of carbonyl (C=O) groups is 1. The fourth-order valence-electron chi connectivity index (χ4n) is 2.65. The van der Waals surface area contributed by atoms with Crippen molar-refractivity contribution in [2.45, 2.75) is 64.6 Å². The molecule has 1 heterocycles. The van der Waals surface area contributed by atoms with Crippen molar-refractivity contribution >= 4 is 13.2 Å². The zero-order chi connectivity index (χ0) is 16.4. The van der Waals surface area contributed by atoms with Crippen molar-refractivity contribution in [3.63, 3.8) is 0 Å². The van der Waals surface area contributed by atoms with Gasteiger partial charge in [-0.25, -0.2) is 0 Å². The van der Waals surface area contributed by atoms with Gasteiger partial charge < -0.3 is 22.6 Å². The smallest absolute Gasteiger partial charge is 0.418 e. The van der Waals surface area contributed by atoms with Gasteiger partial charge in [-0.1, -0.05) is 0 Å². The number of halogens is 4. The molecule has 0 aliphatic carbocycles. The monoisotopic (exact) mass is 300 g/mol. The van der Waals surface area contributed by atoms with E-state index >= 15 is 0 Å². The average Bonchev–Trinajstić information content (AvgIpc) is 2.08. The van der Waals surface area contributed by atoms with E-state index in [-0.39, 0.29) is 11.9 Å². The molecule has 1 aliphatic heterocycles. The van der Waals surface area contributed by atoms with Crippen molar-refractivity contribution in [3.8, 4) is 0 Å². The molecule has 20 heavy (non-hydrogen) atoms. The Hall–Kier alpha value is -1.15. The first-order chi connectivity index (χ1) is 8.65. The summed E-state index contributed by atoms with van der Waals surface area (Å²) >= 11 is 0. The Morgan fingerprint density at radius 2 is 1.40 bits per heavy atom. The maximum atomic E-state index is 12.0. The van der Waals surface area contributed by atoms with Crippen LogP contribution in [0.15, 0.2) is 0 Å². The minimum atomic E-state index is -6.00. The Balaban J connectivity index is 0.000000621. The molecule has 0 spiro atoms. The van der Waals surface area contributed by atoms with Crippen molar-refractivity contribution in [3.05, 3.63) is 4.91 Å². The molecule has 118 valence electrons. The molecule has 0 aromatic carbocycles. The zero-order valence-corrected chi connectivity index (χ0v) is 12.3. The number of nitrogens with zero attached hydrogens (tertiary/aromatic N) is 1. The molecule has 1 N–H and O–H groups in total. The van der Waals surface area contributed by atoms with Crippen molar-refractivity contribution in [2.75, 3.05) is 0 Å². The highest BCUT2D eigenvalue weighted by Gasteiger charge is 2.53. The van der Waals surface area contributed by atoms with Crippen LogP contribution >= 0.6 is 0 Å². The number of amides is 1. The summed E-state index contributed by atoms with van der Waals surface area (Å²) in [6.45, 7) is 9.22. The predicted octanol–water partition coefficient (Wildman–Crippen LogP) is 2.92. The Morgan fingerprint density at radius 1 is 1.10 bits per heavy atom. The van der Waals surface area contributed by atoms with Crippen LogP contribution in [0.2, 0.25) is 0 Å². The number of nitroso groups, excluding NO2 is 1. The highest BCUT2D eigenvalue weighted by atomic mass is 19.5. The fraction of sp³-hybridized carbons (Fsp3) is 0.909. The first-order valence-corrected chi connectivity index (χ1v) is 6.27. The summed E-state index contributed by atoms with van der Waals surface area (Å²) in [5.74, 6) is -0.0223. The van der Waals surface area contributed by atoms with Gasteiger partial charge in [-0.05, 0) is 0 Å². The van der Waals surface area contributed by atoms with Crippen LogP contribution in [0, 0.1) is 4.91 Å². The summed E-state index contributed by atoms with van der Waals surface area (Å²) in [5, 5.41) is 2.91. The molecule has 0 aromatic rings. The normalized spacial score (nSPS) is 21.8. The Kier molecular flexibility index (Phi) is 5.74. The first-order valence-electron chi connectivity index (χ1n) is 6.27. The van der Waals surface area contributed by atoms with Crippen LogP contribution in [0.4, 0.5) is 17.3 Å². The minimum absolute atomic E-state index is 0.0223. The molecule has 9 heteroatoms.